The normalized spacial score (nSPS) is 14.6. The number of benzene rings is 3. The minimum atomic E-state index is -0.0444. The molecule has 1 aliphatic heterocycles. The zero-order valence-corrected chi connectivity index (χ0v) is 23.7. The standard InChI is InChI=1S/C31H29N3OS3/c1-2-3-20-37-27-16-14-24(15-17-27)29-25(22-34(32-29)26-12-8-5-9-13-26)21-28-30(35)33(31(36)38-28)19-18-23-10-6-4-7-11-23/h4-17,21-22H,2-3,18-20H2,1H3/b28-21-. The van der Waals surface area contributed by atoms with Gasteiger partial charge in [-0.25, -0.2) is 4.68 Å². The van der Waals surface area contributed by atoms with E-state index in [2.05, 4.69) is 43.3 Å². The van der Waals surface area contributed by atoms with Gasteiger partial charge in [0.2, 0.25) is 0 Å². The van der Waals surface area contributed by atoms with E-state index in [0.717, 1.165) is 34.7 Å². The van der Waals surface area contributed by atoms with Crippen LogP contribution in [0.15, 0.2) is 101 Å². The third-order valence-corrected chi connectivity index (χ3v) is 8.76. The molecule has 5 rings (SSSR count). The largest absolute Gasteiger partial charge is 0.293 e. The first-order valence-electron chi connectivity index (χ1n) is 12.8. The van der Waals surface area contributed by atoms with Gasteiger partial charge >= 0.3 is 0 Å². The van der Waals surface area contributed by atoms with Gasteiger partial charge in [-0.1, -0.05) is 98.0 Å². The highest BCUT2D eigenvalue weighted by Gasteiger charge is 2.32. The fourth-order valence-electron chi connectivity index (χ4n) is 4.19. The molecule has 192 valence electrons. The van der Waals surface area contributed by atoms with Gasteiger partial charge in [0.25, 0.3) is 5.91 Å². The van der Waals surface area contributed by atoms with Gasteiger partial charge in [0.05, 0.1) is 16.3 Å². The van der Waals surface area contributed by atoms with Crippen LogP contribution in [0.2, 0.25) is 0 Å². The van der Waals surface area contributed by atoms with Gasteiger partial charge < -0.3 is 0 Å². The van der Waals surface area contributed by atoms with Gasteiger partial charge in [0.15, 0.2) is 0 Å². The van der Waals surface area contributed by atoms with Crippen LogP contribution in [0.4, 0.5) is 0 Å². The van der Waals surface area contributed by atoms with E-state index >= 15 is 0 Å². The lowest BCUT2D eigenvalue weighted by Gasteiger charge is -2.14. The average Bonchev–Trinajstić information content (AvgIpc) is 3.49. The Morgan fingerprint density at radius 1 is 0.974 bits per heavy atom. The highest BCUT2D eigenvalue weighted by molar-refractivity contribution is 8.26. The predicted molar refractivity (Wildman–Crippen MR) is 165 cm³/mol. The maximum absolute atomic E-state index is 13.4. The number of thiocarbonyl (C=S) groups is 1. The number of unbranched alkanes of at least 4 members (excludes halogenated alkanes) is 1. The minimum Gasteiger partial charge on any atom is -0.293 e. The summed E-state index contributed by atoms with van der Waals surface area (Å²) in [5.74, 6) is 1.08. The van der Waals surface area contributed by atoms with E-state index in [1.54, 1.807) is 4.90 Å². The first-order valence-corrected chi connectivity index (χ1v) is 15.0. The Labute approximate surface area is 238 Å². The summed E-state index contributed by atoms with van der Waals surface area (Å²) < 4.78 is 2.48. The number of aromatic nitrogens is 2. The summed E-state index contributed by atoms with van der Waals surface area (Å²) in [5.41, 5.74) is 4.91. The summed E-state index contributed by atoms with van der Waals surface area (Å²) in [4.78, 5) is 16.9. The quantitative estimate of drug-likeness (QED) is 0.0861. The summed E-state index contributed by atoms with van der Waals surface area (Å²) in [6.07, 6.45) is 7.10. The molecular formula is C31H29N3OS3. The van der Waals surface area contributed by atoms with E-state index in [4.69, 9.17) is 17.3 Å². The fourth-order valence-corrected chi connectivity index (χ4v) is 6.49. The zero-order valence-electron chi connectivity index (χ0n) is 21.2. The van der Waals surface area contributed by atoms with E-state index in [1.807, 2.05) is 77.2 Å². The Bertz CT molecular complexity index is 1430. The van der Waals surface area contributed by atoms with Crippen molar-refractivity contribution in [3.8, 4) is 16.9 Å². The summed E-state index contributed by atoms with van der Waals surface area (Å²) in [5, 5.41) is 4.94. The highest BCUT2D eigenvalue weighted by atomic mass is 32.2. The van der Waals surface area contributed by atoms with Crippen molar-refractivity contribution in [1.29, 1.82) is 0 Å². The number of hydrogen-bond acceptors (Lipinski definition) is 5. The number of para-hydroxylation sites is 1. The van der Waals surface area contributed by atoms with E-state index < -0.39 is 0 Å². The Hall–Kier alpha value is -3.13. The minimum absolute atomic E-state index is 0.0444. The van der Waals surface area contributed by atoms with E-state index in [0.29, 0.717) is 15.8 Å². The Balaban J connectivity index is 1.43. The third kappa shape index (κ3) is 6.29. The summed E-state index contributed by atoms with van der Waals surface area (Å²) in [6.45, 7) is 2.78. The van der Waals surface area contributed by atoms with Crippen molar-refractivity contribution in [2.75, 3.05) is 12.3 Å². The second-order valence-corrected chi connectivity index (χ2v) is 11.9. The number of thioether (sulfide) groups is 2. The van der Waals surface area contributed by atoms with Crippen molar-refractivity contribution < 1.29 is 4.79 Å². The fraction of sp³-hybridized carbons (Fsp3) is 0.194. The van der Waals surface area contributed by atoms with Crippen molar-refractivity contribution >= 4 is 52.0 Å². The van der Waals surface area contributed by atoms with Gasteiger partial charge in [0, 0.05) is 28.8 Å². The van der Waals surface area contributed by atoms with E-state index in [-0.39, 0.29) is 5.91 Å². The first-order chi connectivity index (χ1) is 18.6. The second-order valence-electron chi connectivity index (χ2n) is 9.01. The van der Waals surface area contributed by atoms with Crippen molar-refractivity contribution in [3.05, 3.63) is 107 Å². The van der Waals surface area contributed by atoms with Gasteiger partial charge in [0.1, 0.15) is 4.32 Å². The first kappa shape index (κ1) is 26.5. The van der Waals surface area contributed by atoms with Gasteiger partial charge in [-0.2, -0.15) is 5.10 Å². The molecule has 7 heteroatoms. The van der Waals surface area contributed by atoms with Crippen LogP contribution in [-0.4, -0.2) is 37.2 Å². The molecule has 0 unspecified atom stereocenters. The summed E-state index contributed by atoms with van der Waals surface area (Å²) >= 11 is 8.84. The van der Waals surface area contributed by atoms with E-state index in [1.165, 1.54) is 35.1 Å². The Morgan fingerprint density at radius 2 is 1.68 bits per heavy atom. The molecule has 2 heterocycles. The lowest BCUT2D eigenvalue weighted by Crippen LogP contribution is -2.30. The number of nitrogens with zero attached hydrogens (tertiary/aromatic N) is 3. The van der Waals surface area contributed by atoms with Crippen molar-refractivity contribution in [3.63, 3.8) is 0 Å². The number of carbonyl (C=O) groups excluding carboxylic acids is 1. The molecule has 1 saturated heterocycles. The van der Waals surface area contributed by atoms with Crippen LogP contribution in [-0.2, 0) is 11.2 Å². The maximum atomic E-state index is 13.4. The lowest BCUT2D eigenvalue weighted by atomic mass is 10.1. The Kier molecular flexibility index (Phi) is 8.79. The molecule has 0 aliphatic carbocycles. The topological polar surface area (TPSA) is 38.1 Å². The molecule has 4 nitrogen and oxygen atoms in total. The Morgan fingerprint density at radius 3 is 2.39 bits per heavy atom. The number of carbonyl (C=O) groups is 1. The van der Waals surface area contributed by atoms with Crippen LogP contribution < -0.4 is 0 Å². The molecule has 3 aromatic carbocycles. The molecular weight excluding hydrogens is 527 g/mol. The molecule has 0 radical (unpaired) electrons. The van der Waals surface area contributed by atoms with Crippen LogP contribution in [0.5, 0.6) is 0 Å². The predicted octanol–water partition coefficient (Wildman–Crippen LogP) is 7.88. The molecule has 0 N–H and O–H groups in total. The highest BCUT2D eigenvalue weighted by Crippen LogP contribution is 2.35. The molecule has 0 atom stereocenters. The molecule has 1 aromatic heterocycles. The van der Waals surface area contributed by atoms with Crippen molar-refractivity contribution in [1.82, 2.24) is 14.7 Å². The van der Waals surface area contributed by atoms with Gasteiger partial charge in [-0.15, -0.1) is 11.8 Å². The number of hydrogen-bond donors (Lipinski definition) is 0. The SMILES string of the molecule is CCCCSc1ccc(-c2nn(-c3ccccc3)cc2/C=C2\SC(=S)N(CCc3ccccc3)C2=O)cc1. The number of rotatable bonds is 10. The third-order valence-electron chi connectivity index (χ3n) is 6.28. The van der Waals surface area contributed by atoms with Crippen LogP contribution >= 0.6 is 35.7 Å². The lowest BCUT2D eigenvalue weighted by molar-refractivity contribution is -0.122. The smallest absolute Gasteiger partial charge is 0.266 e. The van der Waals surface area contributed by atoms with Crippen LogP contribution in [0, 0.1) is 0 Å². The zero-order chi connectivity index (χ0) is 26.3. The molecule has 1 aliphatic rings. The molecule has 1 fully saturated rings. The number of amides is 1. The molecule has 0 spiro atoms. The molecule has 4 aromatic rings. The molecule has 38 heavy (non-hydrogen) atoms. The van der Waals surface area contributed by atoms with Crippen molar-refractivity contribution in [2.24, 2.45) is 0 Å². The van der Waals surface area contributed by atoms with Gasteiger partial charge in [-0.05, 0) is 54.5 Å². The van der Waals surface area contributed by atoms with Crippen LogP contribution in [0.1, 0.15) is 30.9 Å². The monoisotopic (exact) mass is 555 g/mol. The average molecular weight is 556 g/mol. The maximum Gasteiger partial charge on any atom is 0.266 e. The van der Waals surface area contributed by atoms with Crippen molar-refractivity contribution in [2.45, 2.75) is 31.1 Å². The summed E-state index contributed by atoms with van der Waals surface area (Å²) in [7, 11) is 0. The van der Waals surface area contributed by atoms with Gasteiger partial charge in [-0.3, -0.25) is 9.69 Å². The van der Waals surface area contributed by atoms with E-state index in [9.17, 15) is 4.79 Å². The molecule has 0 bridgehead atoms. The van der Waals surface area contributed by atoms with Crippen LogP contribution in [0.3, 0.4) is 0 Å². The molecule has 0 saturated carbocycles. The second kappa shape index (κ2) is 12.6. The van der Waals surface area contributed by atoms with Crippen LogP contribution in [0.25, 0.3) is 23.0 Å². The molecule has 1 amide bonds. The summed E-state index contributed by atoms with van der Waals surface area (Å²) in [6, 6.07) is 28.8.